The van der Waals surface area contributed by atoms with Gasteiger partial charge < -0.3 is 5.73 Å². The van der Waals surface area contributed by atoms with Crippen LogP contribution in [0.1, 0.15) is 50.3 Å². The maximum atomic E-state index is 6.14. The van der Waals surface area contributed by atoms with Gasteiger partial charge in [-0.2, -0.15) is 0 Å². The van der Waals surface area contributed by atoms with Gasteiger partial charge in [0.05, 0.1) is 0 Å². The summed E-state index contributed by atoms with van der Waals surface area (Å²) in [5.41, 5.74) is 8.40. The first-order chi connectivity index (χ1) is 7.50. The van der Waals surface area contributed by atoms with Crippen LogP contribution >= 0.6 is 11.6 Å². The zero-order chi connectivity index (χ0) is 12.1. The molecule has 0 amide bonds. The second-order valence-corrected chi connectivity index (χ2v) is 5.35. The molecule has 0 aliphatic carbocycles. The lowest BCUT2D eigenvalue weighted by atomic mass is 9.98. The Bertz CT molecular complexity index is 334. The van der Waals surface area contributed by atoms with E-state index in [1.54, 1.807) is 0 Å². The van der Waals surface area contributed by atoms with Crippen LogP contribution in [0.25, 0.3) is 0 Å². The molecular weight excluding hydrogens is 218 g/mol. The average molecular weight is 240 g/mol. The number of aryl methyl sites for hydroxylation is 1. The molecule has 0 aliphatic rings. The molecule has 2 N–H and O–H groups in total. The van der Waals surface area contributed by atoms with E-state index in [-0.39, 0.29) is 6.04 Å². The van der Waals surface area contributed by atoms with E-state index in [0.29, 0.717) is 0 Å². The van der Waals surface area contributed by atoms with Gasteiger partial charge in [0.15, 0.2) is 0 Å². The molecule has 0 saturated carbocycles. The van der Waals surface area contributed by atoms with E-state index in [1.165, 1.54) is 12.8 Å². The lowest BCUT2D eigenvalue weighted by Crippen LogP contribution is -2.10. The molecule has 1 nitrogen and oxygen atoms in total. The summed E-state index contributed by atoms with van der Waals surface area (Å²) < 4.78 is 0. The molecule has 0 radical (unpaired) electrons. The van der Waals surface area contributed by atoms with E-state index in [4.69, 9.17) is 17.3 Å². The lowest BCUT2D eigenvalue weighted by Gasteiger charge is -2.13. The third-order valence-electron chi connectivity index (χ3n) is 2.92. The monoisotopic (exact) mass is 239 g/mol. The van der Waals surface area contributed by atoms with E-state index in [0.717, 1.165) is 28.5 Å². The molecule has 1 atom stereocenters. The van der Waals surface area contributed by atoms with Crippen LogP contribution in [0.4, 0.5) is 0 Å². The van der Waals surface area contributed by atoms with Crippen LogP contribution in [0.2, 0.25) is 5.02 Å². The van der Waals surface area contributed by atoms with Gasteiger partial charge >= 0.3 is 0 Å². The SMILES string of the molecule is Cc1ccc(C(N)CCCC(C)C)cc1Cl. The first-order valence-electron chi connectivity index (χ1n) is 6.02. The summed E-state index contributed by atoms with van der Waals surface area (Å²) in [5, 5.41) is 0.816. The van der Waals surface area contributed by atoms with E-state index in [9.17, 15) is 0 Å². The van der Waals surface area contributed by atoms with Crippen molar-refractivity contribution in [3.63, 3.8) is 0 Å². The summed E-state index contributed by atoms with van der Waals surface area (Å²) in [7, 11) is 0. The summed E-state index contributed by atoms with van der Waals surface area (Å²) in [6, 6.07) is 6.25. The van der Waals surface area contributed by atoms with Crippen molar-refractivity contribution in [3.05, 3.63) is 34.3 Å². The molecule has 1 aromatic carbocycles. The summed E-state index contributed by atoms with van der Waals surface area (Å²) in [4.78, 5) is 0. The van der Waals surface area contributed by atoms with E-state index in [2.05, 4.69) is 19.9 Å². The van der Waals surface area contributed by atoms with Gasteiger partial charge in [0.1, 0.15) is 0 Å². The fraction of sp³-hybridized carbons (Fsp3) is 0.571. The molecule has 0 aliphatic heterocycles. The molecule has 2 heteroatoms. The van der Waals surface area contributed by atoms with Crippen LogP contribution in [0, 0.1) is 12.8 Å². The van der Waals surface area contributed by atoms with E-state index >= 15 is 0 Å². The smallest absolute Gasteiger partial charge is 0.0438 e. The highest BCUT2D eigenvalue weighted by molar-refractivity contribution is 6.31. The largest absolute Gasteiger partial charge is 0.324 e. The van der Waals surface area contributed by atoms with Crippen molar-refractivity contribution in [1.82, 2.24) is 0 Å². The maximum Gasteiger partial charge on any atom is 0.0438 e. The fourth-order valence-corrected chi connectivity index (χ4v) is 1.94. The Hall–Kier alpha value is -0.530. The summed E-state index contributed by atoms with van der Waals surface area (Å²) in [6.07, 6.45) is 3.47. The third-order valence-corrected chi connectivity index (χ3v) is 3.33. The summed E-state index contributed by atoms with van der Waals surface area (Å²) >= 11 is 6.09. The van der Waals surface area contributed by atoms with Gasteiger partial charge in [-0.25, -0.2) is 0 Å². The Morgan fingerprint density at radius 2 is 1.94 bits per heavy atom. The van der Waals surface area contributed by atoms with Crippen LogP contribution in [-0.4, -0.2) is 0 Å². The number of hydrogen-bond acceptors (Lipinski definition) is 1. The maximum absolute atomic E-state index is 6.14. The van der Waals surface area contributed by atoms with Crippen molar-refractivity contribution in [2.45, 2.75) is 46.1 Å². The van der Waals surface area contributed by atoms with Crippen LogP contribution in [-0.2, 0) is 0 Å². The Morgan fingerprint density at radius 1 is 1.25 bits per heavy atom. The standard InChI is InChI=1S/C14H22ClN/c1-10(2)5-4-6-14(16)12-8-7-11(3)13(15)9-12/h7-10,14H,4-6,16H2,1-3H3. The Balaban J connectivity index is 2.52. The molecule has 0 spiro atoms. The second kappa shape index (κ2) is 6.27. The molecule has 16 heavy (non-hydrogen) atoms. The first-order valence-corrected chi connectivity index (χ1v) is 6.40. The Kier molecular flexibility index (Phi) is 5.30. The summed E-state index contributed by atoms with van der Waals surface area (Å²) in [6.45, 7) is 6.50. The molecule has 0 bridgehead atoms. The first kappa shape index (κ1) is 13.5. The zero-order valence-corrected chi connectivity index (χ0v) is 11.2. The number of rotatable bonds is 5. The molecule has 90 valence electrons. The predicted molar refractivity (Wildman–Crippen MR) is 71.8 cm³/mol. The van der Waals surface area contributed by atoms with Gasteiger partial charge in [-0.05, 0) is 36.5 Å². The van der Waals surface area contributed by atoms with Crippen LogP contribution < -0.4 is 5.73 Å². The van der Waals surface area contributed by atoms with Gasteiger partial charge in [0.25, 0.3) is 0 Å². The molecule has 0 saturated heterocycles. The van der Waals surface area contributed by atoms with Gasteiger partial charge in [-0.3, -0.25) is 0 Å². The number of halogens is 1. The number of benzene rings is 1. The van der Waals surface area contributed by atoms with Crippen molar-refractivity contribution < 1.29 is 0 Å². The van der Waals surface area contributed by atoms with Crippen molar-refractivity contribution in [2.75, 3.05) is 0 Å². The van der Waals surface area contributed by atoms with Gasteiger partial charge in [0, 0.05) is 11.1 Å². The molecule has 1 unspecified atom stereocenters. The average Bonchev–Trinajstić information content (AvgIpc) is 2.21. The quantitative estimate of drug-likeness (QED) is 0.806. The molecule has 0 heterocycles. The predicted octanol–water partition coefficient (Wildman–Crippen LogP) is 4.47. The normalized spacial score (nSPS) is 13.1. The van der Waals surface area contributed by atoms with Crippen molar-refractivity contribution >= 4 is 11.6 Å². The number of hydrogen-bond donors (Lipinski definition) is 1. The molecule has 0 aromatic heterocycles. The van der Waals surface area contributed by atoms with Gasteiger partial charge in [-0.1, -0.05) is 50.4 Å². The van der Waals surface area contributed by atoms with Crippen LogP contribution in [0.5, 0.6) is 0 Å². The van der Waals surface area contributed by atoms with Gasteiger partial charge in [0.2, 0.25) is 0 Å². The van der Waals surface area contributed by atoms with Crippen molar-refractivity contribution in [3.8, 4) is 0 Å². The number of nitrogens with two attached hydrogens (primary N) is 1. The van der Waals surface area contributed by atoms with Crippen molar-refractivity contribution in [2.24, 2.45) is 11.7 Å². The Labute approximate surface area is 104 Å². The fourth-order valence-electron chi connectivity index (χ4n) is 1.75. The lowest BCUT2D eigenvalue weighted by molar-refractivity contribution is 0.505. The van der Waals surface area contributed by atoms with Gasteiger partial charge in [-0.15, -0.1) is 0 Å². The molecule has 1 rings (SSSR count). The van der Waals surface area contributed by atoms with Crippen LogP contribution in [0.3, 0.4) is 0 Å². The third kappa shape index (κ3) is 4.15. The van der Waals surface area contributed by atoms with Crippen LogP contribution in [0.15, 0.2) is 18.2 Å². The second-order valence-electron chi connectivity index (χ2n) is 4.94. The Morgan fingerprint density at radius 3 is 2.50 bits per heavy atom. The minimum Gasteiger partial charge on any atom is -0.324 e. The minimum absolute atomic E-state index is 0.122. The zero-order valence-electron chi connectivity index (χ0n) is 10.5. The topological polar surface area (TPSA) is 26.0 Å². The highest BCUT2D eigenvalue weighted by atomic mass is 35.5. The highest BCUT2D eigenvalue weighted by Crippen LogP contribution is 2.23. The molecule has 1 aromatic rings. The highest BCUT2D eigenvalue weighted by Gasteiger charge is 2.07. The minimum atomic E-state index is 0.122. The van der Waals surface area contributed by atoms with E-state index in [1.807, 2.05) is 19.1 Å². The molecular formula is C14H22ClN. The summed E-state index contributed by atoms with van der Waals surface area (Å²) in [5.74, 6) is 0.758. The molecule has 0 fully saturated rings. The van der Waals surface area contributed by atoms with Crippen molar-refractivity contribution in [1.29, 1.82) is 0 Å². The van der Waals surface area contributed by atoms with E-state index < -0.39 is 0 Å².